The number of nitrogens with zero attached hydrogens (tertiary/aromatic N) is 2. The molecule has 11 heteroatoms. The smallest absolute Gasteiger partial charge is 0.273 e. The largest absolute Gasteiger partial charge is 0.396 e. The number of aliphatic hydroxyl groups excluding tert-OH is 2. The first-order valence-corrected chi connectivity index (χ1v) is 9.99. The molecule has 0 aliphatic heterocycles. The van der Waals surface area contributed by atoms with Gasteiger partial charge in [-0.05, 0) is 19.3 Å². The molecular weight excluding hydrogens is 394 g/mol. The van der Waals surface area contributed by atoms with Gasteiger partial charge in [-0.1, -0.05) is 0 Å². The second kappa shape index (κ2) is 15.5. The molecule has 0 aromatic carbocycles. The molecule has 0 fully saturated rings. The van der Waals surface area contributed by atoms with E-state index in [2.05, 4.69) is 25.9 Å². The first-order valence-electron chi connectivity index (χ1n) is 9.99. The van der Waals surface area contributed by atoms with Gasteiger partial charge in [-0.15, -0.1) is 0 Å². The Morgan fingerprint density at radius 3 is 1.93 bits per heavy atom. The minimum absolute atomic E-state index is 0.0221. The fourth-order valence-corrected chi connectivity index (χ4v) is 2.49. The zero-order valence-electron chi connectivity index (χ0n) is 17.7. The quantitative estimate of drug-likeness (QED) is 0.170. The molecule has 5 N–H and O–H groups in total. The highest BCUT2D eigenvalue weighted by molar-refractivity contribution is 6.02. The second-order valence-corrected chi connectivity index (χ2v) is 6.39. The third kappa shape index (κ3) is 8.99. The van der Waals surface area contributed by atoms with Gasteiger partial charge in [0.2, 0.25) is 0 Å². The van der Waals surface area contributed by atoms with E-state index in [4.69, 9.17) is 19.7 Å². The fraction of sp³-hybridized carbons (Fsp3) is 0.684. The summed E-state index contributed by atoms with van der Waals surface area (Å²) >= 11 is 0. The van der Waals surface area contributed by atoms with Crippen LogP contribution in [0.5, 0.6) is 0 Å². The van der Waals surface area contributed by atoms with Crippen molar-refractivity contribution in [2.24, 2.45) is 0 Å². The minimum atomic E-state index is -0.514. The topological polar surface area (TPSA) is 155 Å². The van der Waals surface area contributed by atoms with Gasteiger partial charge in [0.1, 0.15) is 0 Å². The predicted octanol–water partition coefficient (Wildman–Crippen LogP) is 0.0507. The third-order valence-electron chi connectivity index (χ3n) is 3.97. The Hall–Kier alpha value is -2.34. The Morgan fingerprint density at radius 1 is 0.833 bits per heavy atom. The van der Waals surface area contributed by atoms with Crippen molar-refractivity contribution in [3.05, 3.63) is 11.4 Å². The molecule has 0 saturated heterocycles. The van der Waals surface area contributed by atoms with E-state index in [9.17, 15) is 9.59 Å². The predicted molar refractivity (Wildman–Crippen MR) is 112 cm³/mol. The number of ketones is 1. The van der Waals surface area contributed by atoms with Crippen molar-refractivity contribution in [3.8, 4) is 0 Å². The highest BCUT2D eigenvalue weighted by Crippen LogP contribution is 2.20. The summed E-state index contributed by atoms with van der Waals surface area (Å²) in [5.41, 5.74) is 0.127. The monoisotopic (exact) mass is 427 g/mol. The van der Waals surface area contributed by atoms with Crippen LogP contribution in [0.4, 0.5) is 11.6 Å². The fourth-order valence-electron chi connectivity index (χ4n) is 2.49. The van der Waals surface area contributed by atoms with E-state index >= 15 is 0 Å². The minimum Gasteiger partial charge on any atom is -0.396 e. The molecule has 1 amide bonds. The average molecular weight is 428 g/mol. The number of carbonyl (C=O) groups is 2. The lowest BCUT2D eigenvalue weighted by atomic mass is 10.1. The van der Waals surface area contributed by atoms with E-state index in [1.54, 1.807) is 14.2 Å². The van der Waals surface area contributed by atoms with Gasteiger partial charge in [0.05, 0.1) is 6.61 Å². The van der Waals surface area contributed by atoms with Crippen LogP contribution in [-0.2, 0) is 9.47 Å². The molecule has 30 heavy (non-hydrogen) atoms. The summed E-state index contributed by atoms with van der Waals surface area (Å²) in [6, 6.07) is 0. The Morgan fingerprint density at radius 2 is 1.40 bits per heavy atom. The lowest BCUT2D eigenvalue weighted by Crippen LogP contribution is -2.29. The standard InChI is InChI=1S/C19H33N5O6/c1-29-12-4-7-20-17-15(14(27)6-3-10-25)23-18(21-8-5-13-30-2)16(24-17)19(28)22-9-11-26/h25-26H,3-13H2,1-2H3,(H,20,24)(H,21,23)(H,22,28). The van der Waals surface area contributed by atoms with E-state index in [1.807, 2.05) is 0 Å². The van der Waals surface area contributed by atoms with Crippen molar-refractivity contribution in [3.63, 3.8) is 0 Å². The van der Waals surface area contributed by atoms with Crippen LogP contribution in [0, 0.1) is 0 Å². The molecule has 0 aliphatic rings. The normalized spacial score (nSPS) is 10.7. The summed E-state index contributed by atoms with van der Waals surface area (Å²) < 4.78 is 10.0. The summed E-state index contributed by atoms with van der Waals surface area (Å²) in [7, 11) is 3.19. The van der Waals surface area contributed by atoms with Crippen LogP contribution in [0.3, 0.4) is 0 Å². The second-order valence-electron chi connectivity index (χ2n) is 6.39. The molecular formula is C19H33N5O6. The number of aromatic nitrogens is 2. The Balaban J connectivity index is 3.21. The first-order chi connectivity index (χ1) is 14.6. The molecule has 11 nitrogen and oxygen atoms in total. The van der Waals surface area contributed by atoms with E-state index in [-0.39, 0.29) is 55.0 Å². The van der Waals surface area contributed by atoms with Gasteiger partial charge in [0.15, 0.2) is 28.8 Å². The van der Waals surface area contributed by atoms with E-state index in [0.29, 0.717) is 45.6 Å². The molecule has 0 radical (unpaired) electrons. The number of hydrogen-bond acceptors (Lipinski definition) is 10. The zero-order valence-corrected chi connectivity index (χ0v) is 17.7. The highest BCUT2D eigenvalue weighted by Gasteiger charge is 2.22. The lowest BCUT2D eigenvalue weighted by Gasteiger charge is -2.16. The molecule has 0 saturated carbocycles. The summed E-state index contributed by atoms with van der Waals surface area (Å²) in [5, 5.41) is 26.7. The number of aliphatic hydroxyl groups is 2. The Labute approximate surface area is 176 Å². The van der Waals surface area contributed by atoms with Crippen LogP contribution in [0.2, 0.25) is 0 Å². The van der Waals surface area contributed by atoms with Crippen LogP contribution in [0.1, 0.15) is 46.7 Å². The Bertz CT molecular complexity index is 603. The number of hydrogen-bond donors (Lipinski definition) is 5. The van der Waals surface area contributed by atoms with E-state index in [0.717, 1.165) is 0 Å². The van der Waals surface area contributed by atoms with Crippen LogP contribution in [-0.4, -0.2) is 92.2 Å². The maximum absolute atomic E-state index is 12.6. The van der Waals surface area contributed by atoms with Crippen LogP contribution >= 0.6 is 0 Å². The third-order valence-corrected chi connectivity index (χ3v) is 3.97. The summed E-state index contributed by atoms with van der Waals surface area (Å²) in [6.07, 6.45) is 1.75. The summed E-state index contributed by atoms with van der Waals surface area (Å²) in [6.45, 7) is 1.73. The number of methoxy groups -OCH3 is 2. The Kier molecular flexibility index (Phi) is 13.3. The molecule has 0 atom stereocenters. The van der Waals surface area contributed by atoms with Gasteiger partial charge in [-0.3, -0.25) is 9.59 Å². The SMILES string of the molecule is COCCCNc1nc(C(=O)NCCO)c(NCCCOC)nc1C(=O)CCCO. The number of Topliss-reactive ketones (excluding diaryl/α,β-unsaturated/α-hetero) is 1. The van der Waals surface area contributed by atoms with Gasteiger partial charge in [-0.2, -0.15) is 0 Å². The van der Waals surface area contributed by atoms with Gasteiger partial charge in [0.25, 0.3) is 5.91 Å². The van der Waals surface area contributed by atoms with Gasteiger partial charge in [-0.25, -0.2) is 9.97 Å². The van der Waals surface area contributed by atoms with Gasteiger partial charge in [0, 0.05) is 60.1 Å². The van der Waals surface area contributed by atoms with Gasteiger partial charge >= 0.3 is 0 Å². The van der Waals surface area contributed by atoms with Crippen LogP contribution < -0.4 is 16.0 Å². The molecule has 1 aromatic heterocycles. The number of rotatable bonds is 17. The van der Waals surface area contributed by atoms with Crippen LogP contribution in [0.15, 0.2) is 0 Å². The van der Waals surface area contributed by atoms with Crippen LogP contribution in [0.25, 0.3) is 0 Å². The molecule has 1 heterocycles. The molecule has 0 bridgehead atoms. The lowest BCUT2D eigenvalue weighted by molar-refractivity contribution is 0.0935. The van der Waals surface area contributed by atoms with E-state index < -0.39 is 5.91 Å². The number of amides is 1. The molecule has 0 unspecified atom stereocenters. The molecule has 170 valence electrons. The molecule has 1 rings (SSSR count). The summed E-state index contributed by atoms with van der Waals surface area (Å²) in [5.74, 6) is -0.421. The number of anilines is 2. The molecule has 1 aromatic rings. The zero-order chi connectivity index (χ0) is 22.2. The number of carbonyl (C=O) groups excluding carboxylic acids is 2. The van der Waals surface area contributed by atoms with Crippen molar-refractivity contribution in [1.82, 2.24) is 15.3 Å². The maximum atomic E-state index is 12.6. The average Bonchev–Trinajstić information content (AvgIpc) is 2.76. The highest BCUT2D eigenvalue weighted by atomic mass is 16.5. The number of nitrogens with one attached hydrogen (secondary N) is 3. The van der Waals surface area contributed by atoms with Crippen molar-refractivity contribution in [1.29, 1.82) is 0 Å². The maximum Gasteiger partial charge on any atom is 0.273 e. The van der Waals surface area contributed by atoms with Gasteiger partial charge < -0.3 is 35.6 Å². The number of ether oxygens (including phenoxy) is 2. The van der Waals surface area contributed by atoms with E-state index in [1.165, 1.54) is 0 Å². The first kappa shape index (κ1) is 25.7. The molecule has 0 aliphatic carbocycles. The van der Waals surface area contributed by atoms with Crippen molar-refractivity contribution in [2.45, 2.75) is 25.7 Å². The van der Waals surface area contributed by atoms with Crippen molar-refractivity contribution < 1.29 is 29.3 Å². The summed E-state index contributed by atoms with van der Waals surface area (Å²) in [4.78, 5) is 33.9. The molecule has 0 spiro atoms. The van der Waals surface area contributed by atoms with Crippen molar-refractivity contribution in [2.75, 3.05) is 70.9 Å². The van der Waals surface area contributed by atoms with Crippen molar-refractivity contribution >= 4 is 23.3 Å².